The fourth-order valence-electron chi connectivity index (χ4n) is 3.66. The summed E-state index contributed by atoms with van der Waals surface area (Å²) in [5.41, 5.74) is -0.346. The lowest BCUT2D eigenvalue weighted by Crippen LogP contribution is -2.49. The molecule has 9 heteroatoms. The Balaban J connectivity index is 1.90. The first-order valence-electron chi connectivity index (χ1n) is 9.05. The van der Waals surface area contributed by atoms with Gasteiger partial charge in [0.1, 0.15) is 0 Å². The second-order valence-electron chi connectivity index (χ2n) is 6.78. The van der Waals surface area contributed by atoms with E-state index in [1.54, 1.807) is 17.8 Å². The highest BCUT2D eigenvalue weighted by atomic mass is 32.2. The Hall–Kier alpha value is -1.16. The molecule has 0 saturated carbocycles. The van der Waals surface area contributed by atoms with Crippen molar-refractivity contribution in [2.45, 2.75) is 36.6 Å². The summed E-state index contributed by atoms with van der Waals surface area (Å²) in [5, 5.41) is 11.3. The van der Waals surface area contributed by atoms with Crippen LogP contribution in [0, 0.1) is 10.1 Å². The van der Waals surface area contributed by atoms with Gasteiger partial charge in [0.25, 0.3) is 5.69 Å². The molecule has 0 spiro atoms. The van der Waals surface area contributed by atoms with Crippen molar-refractivity contribution in [3.8, 4) is 0 Å². The standard InChI is InChI=1S/C17H25N3O4S2/c21-20(22)16-7-2-3-8-17(16)26(23,24)19-11-6-12-25-14-15(19)13-18-9-4-1-5-10-18/h2-3,7-8,15H,1,4-6,9-14H2. The summed E-state index contributed by atoms with van der Waals surface area (Å²) >= 11 is 1.77. The van der Waals surface area contributed by atoms with Gasteiger partial charge in [-0.25, -0.2) is 8.42 Å². The van der Waals surface area contributed by atoms with Crippen LogP contribution in [-0.2, 0) is 10.0 Å². The van der Waals surface area contributed by atoms with Crippen LogP contribution in [0.2, 0.25) is 0 Å². The molecule has 0 N–H and O–H groups in total. The number of nitro benzene ring substituents is 1. The second kappa shape index (κ2) is 8.69. The number of sulfonamides is 1. The van der Waals surface area contributed by atoms with E-state index in [4.69, 9.17) is 0 Å². The Bertz CT molecular complexity index is 735. The lowest BCUT2D eigenvalue weighted by atomic mass is 10.1. The van der Waals surface area contributed by atoms with Gasteiger partial charge in [-0.05, 0) is 44.2 Å². The first-order valence-corrected chi connectivity index (χ1v) is 11.6. The normalized spacial score (nSPS) is 23.5. The number of nitrogens with zero attached hydrogens (tertiary/aromatic N) is 3. The first-order chi connectivity index (χ1) is 12.5. The second-order valence-corrected chi connectivity index (χ2v) is 9.79. The fourth-order valence-corrected chi connectivity index (χ4v) is 6.63. The van der Waals surface area contributed by atoms with Gasteiger partial charge in [-0.3, -0.25) is 10.1 Å². The molecule has 7 nitrogen and oxygen atoms in total. The van der Waals surface area contributed by atoms with Crippen molar-refractivity contribution < 1.29 is 13.3 Å². The van der Waals surface area contributed by atoms with E-state index in [1.165, 1.54) is 28.9 Å². The largest absolute Gasteiger partial charge is 0.302 e. The average molecular weight is 400 g/mol. The predicted octanol–water partition coefficient (Wildman–Crippen LogP) is 2.58. The maximum atomic E-state index is 13.3. The van der Waals surface area contributed by atoms with Crippen LogP contribution < -0.4 is 0 Å². The van der Waals surface area contributed by atoms with Crippen LogP contribution in [0.5, 0.6) is 0 Å². The van der Waals surface area contributed by atoms with Crippen LogP contribution in [0.4, 0.5) is 5.69 Å². The van der Waals surface area contributed by atoms with E-state index in [0.29, 0.717) is 13.1 Å². The van der Waals surface area contributed by atoms with E-state index in [0.717, 1.165) is 43.9 Å². The molecule has 144 valence electrons. The third-order valence-corrected chi connectivity index (χ3v) is 8.15. The smallest absolute Gasteiger partial charge is 0.289 e. The van der Waals surface area contributed by atoms with E-state index in [2.05, 4.69) is 4.90 Å². The molecular formula is C17H25N3O4S2. The highest BCUT2D eigenvalue weighted by Gasteiger charge is 2.37. The van der Waals surface area contributed by atoms with Gasteiger partial charge in [-0.1, -0.05) is 18.6 Å². The van der Waals surface area contributed by atoms with Gasteiger partial charge < -0.3 is 4.90 Å². The Kier molecular flexibility index (Phi) is 6.55. The predicted molar refractivity (Wildman–Crippen MR) is 103 cm³/mol. The molecule has 0 amide bonds. The van der Waals surface area contributed by atoms with Crippen LogP contribution in [0.3, 0.4) is 0 Å². The third kappa shape index (κ3) is 4.39. The highest BCUT2D eigenvalue weighted by molar-refractivity contribution is 7.99. The van der Waals surface area contributed by atoms with Crippen molar-refractivity contribution in [3.05, 3.63) is 34.4 Å². The molecule has 1 unspecified atom stereocenters. The maximum absolute atomic E-state index is 13.3. The van der Waals surface area contributed by atoms with Crippen molar-refractivity contribution in [3.63, 3.8) is 0 Å². The van der Waals surface area contributed by atoms with Gasteiger partial charge in [-0.15, -0.1) is 0 Å². The van der Waals surface area contributed by atoms with Gasteiger partial charge in [0, 0.05) is 31.0 Å². The summed E-state index contributed by atoms with van der Waals surface area (Å²) in [6, 6.07) is 5.51. The van der Waals surface area contributed by atoms with E-state index in [-0.39, 0.29) is 16.6 Å². The molecule has 2 aliphatic heterocycles. The number of hydrogen-bond donors (Lipinski definition) is 0. The molecule has 2 aliphatic rings. The van der Waals surface area contributed by atoms with Crippen molar-refractivity contribution in [2.24, 2.45) is 0 Å². The molecule has 1 atom stereocenters. The Morgan fingerprint density at radius 2 is 1.85 bits per heavy atom. The van der Waals surface area contributed by atoms with Crippen LogP contribution >= 0.6 is 11.8 Å². The van der Waals surface area contributed by atoms with Gasteiger partial charge >= 0.3 is 0 Å². The highest BCUT2D eigenvalue weighted by Crippen LogP contribution is 2.30. The van der Waals surface area contributed by atoms with E-state index >= 15 is 0 Å². The number of rotatable bonds is 5. The zero-order chi connectivity index (χ0) is 18.6. The van der Waals surface area contributed by atoms with E-state index < -0.39 is 14.9 Å². The molecule has 0 aromatic heterocycles. The number of benzene rings is 1. The summed E-state index contributed by atoms with van der Waals surface area (Å²) in [6.45, 7) is 3.12. The van der Waals surface area contributed by atoms with Crippen LogP contribution in [-0.4, -0.2) is 66.3 Å². The zero-order valence-electron chi connectivity index (χ0n) is 14.7. The van der Waals surface area contributed by atoms with Crippen LogP contribution in [0.25, 0.3) is 0 Å². The lowest BCUT2D eigenvalue weighted by molar-refractivity contribution is -0.387. The molecular weight excluding hydrogens is 374 g/mol. The Morgan fingerprint density at radius 1 is 1.12 bits per heavy atom. The molecule has 0 radical (unpaired) electrons. The minimum Gasteiger partial charge on any atom is -0.302 e. The van der Waals surface area contributed by atoms with Gasteiger partial charge in [0.2, 0.25) is 10.0 Å². The fraction of sp³-hybridized carbons (Fsp3) is 0.647. The Morgan fingerprint density at radius 3 is 2.58 bits per heavy atom. The van der Waals surface area contributed by atoms with Crippen LogP contribution in [0.15, 0.2) is 29.2 Å². The quantitative estimate of drug-likeness (QED) is 0.559. The van der Waals surface area contributed by atoms with E-state index in [1.807, 2.05) is 0 Å². The van der Waals surface area contributed by atoms with Gasteiger partial charge in [-0.2, -0.15) is 16.1 Å². The van der Waals surface area contributed by atoms with Crippen LogP contribution in [0.1, 0.15) is 25.7 Å². The lowest BCUT2D eigenvalue weighted by Gasteiger charge is -2.35. The Labute approximate surface area is 158 Å². The summed E-state index contributed by atoms with van der Waals surface area (Å²) in [5.74, 6) is 1.65. The molecule has 2 heterocycles. The zero-order valence-corrected chi connectivity index (χ0v) is 16.4. The number of para-hydroxylation sites is 1. The topological polar surface area (TPSA) is 83.8 Å². The number of likely N-dealkylation sites (tertiary alicyclic amines) is 1. The van der Waals surface area contributed by atoms with Crippen molar-refractivity contribution in [1.82, 2.24) is 9.21 Å². The number of thioether (sulfide) groups is 1. The molecule has 1 aromatic rings. The first kappa shape index (κ1) is 19.6. The van der Waals surface area contributed by atoms with Crippen molar-refractivity contribution in [2.75, 3.05) is 37.7 Å². The third-order valence-electron chi connectivity index (χ3n) is 4.95. The van der Waals surface area contributed by atoms with Crippen molar-refractivity contribution in [1.29, 1.82) is 0 Å². The minimum atomic E-state index is -3.91. The average Bonchev–Trinajstić information content (AvgIpc) is 2.88. The number of nitro groups is 1. The van der Waals surface area contributed by atoms with Gasteiger partial charge in [0.05, 0.1) is 4.92 Å². The molecule has 0 bridgehead atoms. The molecule has 2 saturated heterocycles. The summed E-state index contributed by atoms with van der Waals surface area (Å²) in [6.07, 6.45) is 4.29. The molecule has 2 fully saturated rings. The summed E-state index contributed by atoms with van der Waals surface area (Å²) in [7, 11) is -3.91. The monoisotopic (exact) mass is 399 g/mol. The molecule has 1 aromatic carbocycles. The molecule has 0 aliphatic carbocycles. The van der Waals surface area contributed by atoms with Crippen molar-refractivity contribution >= 4 is 27.5 Å². The maximum Gasteiger partial charge on any atom is 0.289 e. The number of piperidine rings is 1. The molecule has 3 rings (SSSR count). The molecule has 26 heavy (non-hydrogen) atoms. The minimum absolute atomic E-state index is 0.148. The van der Waals surface area contributed by atoms with Gasteiger partial charge in [0.15, 0.2) is 4.90 Å². The van der Waals surface area contributed by atoms with E-state index in [9.17, 15) is 18.5 Å². The summed E-state index contributed by atoms with van der Waals surface area (Å²) in [4.78, 5) is 12.9. The SMILES string of the molecule is O=[N+]([O-])c1ccccc1S(=O)(=O)N1CCCSCC1CN1CCCCC1. The number of hydrogen-bond acceptors (Lipinski definition) is 6. The summed E-state index contributed by atoms with van der Waals surface area (Å²) < 4.78 is 28.1.